The Hall–Kier alpha value is -5.74. The minimum atomic E-state index is -1.78. The zero-order valence-corrected chi connectivity index (χ0v) is 34.1. The average Bonchev–Trinajstić information content (AvgIpc) is 4.03. The van der Waals surface area contributed by atoms with Crippen LogP contribution in [-0.2, 0) is 19.1 Å². The van der Waals surface area contributed by atoms with Gasteiger partial charge in [-0.2, -0.15) is 0 Å². The van der Waals surface area contributed by atoms with Crippen LogP contribution in [0.1, 0.15) is 50.4 Å². The number of imidazole rings is 2. The lowest BCUT2D eigenvalue weighted by Gasteiger charge is -2.30. The zero-order chi connectivity index (χ0) is 40.6. The van der Waals surface area contributed by atoms with Crippen LogP contribution in [0.5, 0.6) is 0 Å². The molecule has 300 valence electrons. The molecule has 0 unspecified atom stereocenters. The van der Waals surface area contributed by atoms with E-state index in [0.29, 0.717) is 25.0 Å². The molecule has 0 saturated carbocycles. The molecule has 4 heterocycles. The Bertz CT molecular complexity index is 2310. The first-order valence-corrected chi connectivity index (χ1v) is 22.7. The van der Waals surface area contributed by atoms with Gasteiger partial charge < -0.3 is 45.0 Å². The quantitative estimate of drug-likeness (QED) is 0.111. The predicted molar refractivity (Wildman–Crippen MR) is 218 cm³/mol. The van der Waals surface area contributed by atoms with Crippen molar-refractivity contribution in [1.82, 2.24) is 40.4 Å². The van der Waals surface area contributed by atoms with E-state index in [1.165, 1.54) is 14.2 Å². The summed E-state index contributed by atoms with van der Waals surface area (Å²) in [5.74, 6) is 0.766. The molecular formula is C41H50N8O7Si. The number of alkyl carbamates (subject to hydrolysis) is 2. The number of carbonyl (C=O) groups excluding carboxylic acids is 4. The summed E-state index contributed by atoms with van der Waals surface area (Å²) in [6.07, 6.45) is 2.50. The van der Waals surface area contributed by atoms with Gasteiger partial charge in [0, 0.05) is 18.1 Å². The van der Waals surface area contributed by atoms with E-state index in [1.807, 2.05) is 36.9 Å². The SMILES string of the molecule is COC(=O)N[C@@H](CO)C(=O)N1CCC[C@H]1c1ncc(-c2ccc(-c3ccc4c(ccc5[nH]c([C@@H]6C[Si](C)(C)CN6C(=O)[C@@H](NC(=O)OC)C(C)C)nc54)c3)cc2)[nH]1. The van der Waals surface area contributed by atoms with Gasteiger partial charge in [0.1, 0.15) is 23.7 Å². The summed E-state index contributed by atoms with van der Waals surface area (Å²) in [7, 11) is 0.724. The first-order chi connectivity index (χ1) is 27.3. The van der Waals surface area contributed by atoms with Crippen LogP contribution >= 0.6 is 0 Å². The van der Waals surface area contributed by atoms with Crippen LogP contribution in [0.3, 0.4) is 0 Å². The highest BCUT2D eigenvalue weighted by Crippen LogP contribution is 2.39. The van der Waals surface area contributed by atoms with E-state index < -0.39 is 39.0 Å². The number of ether oxygens (including phenoxy) is 2. The highest BCUT2D eigenvalue weighted by atomic mass is 28.3. The fraction of sp³-hybridized carbons (Fsp3) is 0.415. The Kier molecular flexibility index (Phi) is 11.1. The number of nitrogens with zero attached hydrogens (tertiary/aromatic N) is 4. The maximum absolute atomic E-state index is 14.0. The molecule has 0 aliphatic carbocycles. The van der Waals surface area contributed by atoms with Crippen molar-refractivity contribution in [2.24, 2.45) is 5.92 Å². The second-order valence-corrected chi connectivity index (χ2v) is 21.1. The average molecular weight is 795 g/mol. The third kappa shape index (κ3) is 7.96. The van der Waals surface area contributed by atoms with Crippen LogP contribution in [0, 0.1) is 5.92 Å². The summed E-state index contributed by atoms with van der Waals surface area (Å²) >= 11 is 0. The van der Waals surface area contributed by atoms with E-state index in [2.05, 4.69) is 79.8 Å². The molecule has 2 saturated heterocycles. The lowest BCUT2D eigenvalue weighted by Crippen LogP contribution is -2.52. The van der Waals surface area contributed by atoms with Gasteiger partial charge in [-0.25, -0.2) is 19.6 Å². The van der Waals surface area contributed by atoms with Gasteiger partial charge in [0.2, 0.25) is 11.8 Å². The summed E-state index contributed by atoms with van der Waals surface area (Å²) < 4.78 is 9.43. The largest absolute Gasteiger partial charge is 0.453 e. The van der Waals surface area contributed by atoms with Crippen molar-refractivity contribution in [2.75, 3.05) is 33.5 Å². The molecule has 2 aromatic heterocycles. The second kappa shape index (κ2) is 16.0. The Morgan fingerprint density at radius 2 is 1.58 bits per heavy atom. The number of fused-ring (bicyclic) bond motifs is 3. The van der Waals surface area contributed by atoms with Crippen molar-refractivity contribution in [3.05, 3.63) is 72.4 Å². The molecule has 0 spiro atoms. The van der Waals surface area contributed by atoms with E-state index in [-0.39, 0.29) is 29.8 Å². The van der Waals surface area contributed by atoms with Crippen molar-refractivity contribution in [3.8, 4) is 22.4 Å². The van der Waals surface area contributed by atoms with E-state index in [9.17, 15) is 24.3 Å². The normalized spacial score (nSPS) is 18.9. The third-order valence-electron chi connectivity index (χ3n) is 11.1. The summed E-state index contributed by atoms with van der Waals surface area (Å²) in [4.78, 5) is 71.2. The first-order valence-electron chi connectivity index (χ1n) is 19.3. The minimum Gasteiger partial charge on any atom is -0.453 e. The fourth-order valence-corrected chi connectivity index (χ4v) is 11.1. The number of aromatic nitrogens is 4. The molecule has 7 rings (SSSR count). The van der Waals surface area contributed by atoms with Gasteiger partial charge >= 0.3 is 12.2 Å². The number of nitrogens with one attached hydrogen (secondary N) is 4. The molecular weight excluding hydrogens is 745 g/mol. The number of likely N-dealkylation sites (tertiary alicyclic amines) is 1. The number of aliphatic hydroxyl groups excluding tert-OH is 1. The Morgan fingerprint density at radius 1 is 0.877 bits per heavy atom. The number of methoxy groups -OCH3 is 2. The molecule has 16 heteroatoms. The van der Waals surface area contributed by atoms with Crippen LogP contribution in [0.2, 0.25) is 19.1 Å². The van der Waals surface area contributed by atoms with Crippen molar-refractivity contribution in [1.29, 1.82) is 0 Å². The van der Waals surface area contributed by atoms with Gasteiger partial charge in [-0.15, -0.1) is 0 Å². The molecule has 0 radical (unpaired) electrons. The number of amides is 4. The number of benzene rings is 3. The summed E-state index contributed by atoms with van der Waals surface area (Å²) in [6.45, 7) is 8.34. The summed E-state index contributed by atoms with van der Waals surface area (Å²) in [5.41, 5.74) is 5.58. The van der Waals surface area contributed by atoms with Gasteiger partial charge in [0.05, 0.1) is 63.9 Å². The molecule has 15 nitrogen and oxygen atoms in total. The predicted octanol–water partition coefficient (Wildman–Crippen LogP) is 5.67. The number of aliphatic hydroxyl groups is 1. The van der Waals surface area contributed by atoms with Crippen molar-refractivity contribution in [3.63, 3.8) is 0 Å². The number of carbonyl (C=O) groups is 4. The standard InChI is InChI=1S/C41H50N8O7Si/c1-23(2)34(47-41(54)56-4)39(52)49-22-57(5,6)21-33(49)37-43-29-16-14-27-18-26(13-15-28(27)35(29)46-37)24-9-11-25(12-10-24)30-19-42-36(44-30)32-8-7-17-48(32)38(51)31(20-50)45-40(53)55-3/h9-16,18-19,23,31-34,50H,7-8,17,20-22H2,1-6H3,(H,42,44)(H,43,46)(H,45,53)(H,47,54)/t31-,32-,33-,34-/m0/s1. The Morgan fingerprint density at radius 3 is 2.28 bits per heavy atom. The maximum Gasteiger partial charge on any atom is 0.407 e. The summed E-state index contributed by atoms with van der Waals surface area (Å²) in [5, 5.41) is 17.0. The van der Waals surface area contributed by atoms with Gasteiger partial charge in [0.25, 0.3) is 0 Å². The molecule has 0 bridgehead atoms. The summed E-state index contributed by atoms with van der Waals surface area (Å²) in [6, 6.07) is 17.2. The number of rotatable bonds is 10. The zero-order valence-electron chi connectivity index (χ0n) is 33.1. The molecule has 4 amide bonds. The van der Waals surface area contributed by atoms with Gasteiger partial charge in [-0.05, 0) is 59.0 Å². The smallest absolute Gasteiger partial charge is 0.407 e. The van der Waals surface area contributed by atoms with Gasteiger partial charge in [0.15, 0.2) is 0 Å². The molecule has 57 heavy (non-hydrogen) atoms. The lowest BCUT2D eigenvalue weighted by atomic mass is 9.99. The highest BCUT2D eigenvalue weighted by molar-refractivity contribution is 6.78. The Labute approximate surface area is 331 Å². The van der Waals surface area contributed by atoms with Crippen molar-refractivity contribution >= 4 is 53.9 Å². The molecule has 2 aliphatic heterocycles. The molecule has 2 aliphatic rings. The number of H-pyrrole nitrogens is 2. The van der Waals surface area contributed by atoms with E-state index >= 15 is 0 Å². The minimum absolute atomic E-state index is 0.121. The van der Waals surface area contributed by atoms with Crippen LogP contribution < -0.4 is 10.6 Å². The third-order valence-corrected chi connectivity index (χ3v) is 13.8. The van der Waals surface area contributed by atoms with Gasteiger partial charge in [-0.1, -0.05) is 69.4 Å². The fourth-order valence-electron chi connectivity index (χ4n) is 8.18. The first kappa shape index (κ1) is 39.5. The molecule has 3 aromatic carbocycles. The molecule has 5 aromatic rings. The van der Waals surface area contributed by atoms with Gasteiger partial charge in [-0.3, -0.25) is 9.59 Å². The topological polar surface area (TPSA) is 195 Å². The molecule has 5 N–H and O–H groups in total. The lowest BCUT2D eigenvalue weighted by molar-refractivity contribution is -0.136. The van der Waals surface area contributed by atoms with E-state index in [1.54, 1.807) is 11.1 Å². The molecule has 4 atom stereocenters. The monoisotopic (exact) mass is 794 g/mol. The number of hydrogen-bond donors (Lipinski definition) is 5. The number of aromatic amines is 2. The van der Waals surface area contributed by atoms with Crippen molar-refractivity contribution < 1.29 is 33.8 Å². The van der Waals surface area contributed by atoms with E-state index in [4.69, 9.17) is 9.72 Å². The van der Waals surface area contributed by atoms with Crippen LogP contribution in [0.4, 0.5) is 9.59 Å². The molecule has 2 fully saturated rings. The number of hydrogen-bond acceptors (Lipinski definition) is 9. The van der Waals surface area contributed by atoms with Crippen LogP contribution in [0.15, 0.2) is 60.8 Å². The van der Waals surface area contributed by atoms with E-state index in [0.717, 1.165) is 62.5 Å². The van der Waals surface area contributed by atoms with Crippen LogP contribution in [0.25, 0.3) is 44.2 Å². The highest BCUT2D eigenvalue weighted by Gasteiger charge is 2.46. The van der Waals surface area contributed by atoms with Crippen LogP contribution in [-0.4, -0.2) is 113 Å². The van der Waals surface area contributed by atoms with Crippen molar-refractivity contribution in [2.45, 2.75) is 70.0 Å². The Balaban J connectivity index is 1.09. The maximum atomic E-state index is 14.0. The second-order valence-electron chi connectivity index (χ2n) is 16.0.